The highest BCUT2D eigenvalue weighted by Gasteiger charge is 2.34. The van der Waals surface area contributed by atoms with E-state index in [9.17, 15) is 0 Å². The summed E-state index contributed by atoms with van der Waals surface area (Å²) in [7, 11) is 3.50. The molecule has 3 atom stereocenters. The fourth-order valence-corrected chi connectivity index (χ4v) is 3.10. The zero-order valence-electron chi connectivity index (χ0n) is 11.3. The number of hydrogen-bond acceptors (Lipinski definition) is 3. The number of hydrogen-bond donors (Lipinski definition) is 1. The SMILES string of the molecule is COCC(CNC1CCCC(C2CC2)C1)OC. The van der Waals surface area contributed by atoms with Crippen LogP contribution in [0.4, 0.5) is 0 Å². The third kappa shape index (κ3) is 4.23. The van der Waals surface area contributed by atoms with Crippen molar-refractivity contribution in [1.29, 1.82) is 0 Å². The van der Waals surface area contributed by atoms with Gasteiger partial charge < -0.3 is 14.8 Å². The largest absolute Gasteiger partial charge is 0.382 e. The molecule has 3 unspecified atom stereocenters. The van der Waals surface area contributed by atoms with Crippen molar-refractivity contribution < 1.29 is 9.47 Å². The van der Waals surface area contributed by atoms with E-state index < -0.39 is 0 Å². The zero-order valence-corrected chi connectivity index (χ0v) is 11.3. The Morgan fingerprint density at radius 3 is 2.59 bits per heavy atom. The molecule has 100 valence electrons. The number of ether oxygens (including phenoxy) is 2. The van der Waals surface area contributed by atoms with Crippen LogP contribution in [-0.4, -0.2) is 39.5 Å². The van der Waals surface area contributed by atoms with Gasteiger partial charge in [-0.05, 0) is 37.5 Å². The van der Waals surface area contributed by atoms with E-state index in [-0.39, 0.29) is 6.10 Å². The summed E-state index contributed by atoms with van der Waals surface area (Å²) >= 11 is 0. The van der Waals surface area contributed by atoms with Crippen LogP contribution < -0.4 is 5.32 Å². The van der Waals surface area contributed by atoms with Gasteiger partial charge in [0.25, 0.3) is 0 Å². The van der Waals surface area contributed by atoms with E-state index in [0.29, 0.717) is 12.6 Å². The number of methoxy groups -OCH3 is 2. The Morgan fingerprint density at radius 1 is 1.12 bits per heavy atom. The summed E-state index contributed by atoms with van der Waals surface area (Å²) in [5.74, 6) is 2.07. The maximum atomic E-state index is 5.38. The van der Waals surface area contributed by atoms with Gasteiger partial charge in [0.2, 0.25) is 0 Å². The lowest BCUT2D eigenvalue weighted by molar-refractivity contribution is 0.0259. The van der Waals surface area contributed by atoms with Crippen molar-refractivity contribution in [2.24, 2.45) is 11.8 Å². The summed E-state index contributed by atoms with van der Waals surface area (Å²) < 4.78 is 10.5. The van der Waals surface area contributed by atoms with Crippen molar-refractivity contribution in [2.75, 3.05) is 27.4 Å². The highest BCUT2D eigenvalue weighted by atomic mass is 16.5. The van der Waals surface area contributed by atoms with Gasteiger partial charge in [-0.25, -0.2) is 0 Å². The van der Waals surface area contributed by atoms with Gasteiger partial charge in [-0.1, -0.05) is 12.8 Å². The Morgan fingerprint density at radius 2 is 1.94 bits per heavy atom. The summed E-state index contributed by atoms with van der Waals surface area (Å²) in [4.78, 5) is 0. The van der Waals surface area contributed by atoms with Crippen LogP contribution in [0.3, 0.4) is 0 Å². The Bertz CT molecular complexity index is 218. The highest BCUT2D eigenvalue weighted by molar-refractivity contribution is 4.88. The van der Waals surface area contributed by atoms with Gasteiger partial charge in [-0.15, -0.1) is 0 Å². The average molecular weight is 241 g/mol. The Kier molecular flexibility index (Phi) is 5.26. The second-order valence-electron chi connectivity index (χ2n) is 5.68. The second kappa shape index (κ2) is 6.72. The molecule has 0 spiro atoms. The van der Waals surface area contributed by atoms with Gasteiger partial charge in [-0.3, -0.25) is 0 Å². The second-order valence-corrected chi connectivity index (χ2v) is 5.68. The lowest BCUT2D eigenvalue weighted by atomic mass is 9.82. The van der Waals surface area contributed by atoms with Gasteiger partial charge in [0.05, 0.1) is 12.7 Å². The molecule has 0 heterocycles. The third-order valence-corrected chi connectivity index (χ3v) is 4.32. The molecule has 0 aromatic rings. The molecule has 17 heavy (non-hydrogen) atoms. The number of rotatable bonds is 7. The molecule has 2 aliphatic rings. The molecular weight excluding hydrogens is 214 g/mol. The lowest BCUT2D eigenvalue weighted by Crippen LogP contribution is -2.41. The third-order valence-electron chi connectivity index (χ3n) is 4.32. The molecule has 0 radical (unpaired) electrons. The van der Waals surface area contributed by atoms with E-state index in [1.807, 2.05) is 0 Å². The molecule has 0 bridgehead atoms. The molecule has 2 saturated carbocycles. The fraction of sp³-hybridized carbons (Fsp3) is 1.00. The minimum atomic E-state index is 0.196. The molecule has 2 rings (SSSR count). The molecule has 0 aromatic heterocycles. The fourth-order valence-electron chi connectivity index (χ4n) is 3.10. The van der Waals surface area contributed by atoms with Crippen molar-refractivity contribution in [3.63, 3.8) is 0 Å². The van der Waals surface area contributed by atoms with Gasteiger partial charge in [0.1, 0.15) is 0 Å². The van der Waals surface area contributed by atoms with E-state index in [1.165, 1.54) is 38.5 Å². The Hall–Kier alpha value is -0.120. The topological polar surface area (TPSA) is 30.5 Å². The van der Waals surface area contributed by atoms with E-state index >= 15 is 0 Å². The minimum absolute atomic E-state index is 0.196. The lowest BCUT2D eigenvalue weighted by Gasteiger charge is -2.31. The van der Waals surface area contributed by atoms with Gasteiger partial charge in [-0.2, -0.15) is 0 Å². The standard InChI is InChI=1S/C14H27NO2/c1-16-10-14(17-2)9-15-13-5-3-4-12(8-13)11-6-7-11/h11-15H,3-10H2,1-2H3. The first-order chi connectivity index (χ1) is 8.33. The van der Waals surface area contributed by atoms with E-state index in [1.54, 1.807) is 14.2 Å². The zero-order chi connectivity index (χ0) is 12.1. The maximum Gasteiger partial charge on any atom is 0.0928 e. The van der Waals surface area contributed by atoms with Crippen LogP contribution >= 0.6 is 0 Å². The molecule has 0 amide bonds. The first kappa shape index (κ1) is 13.3. The van der Waals surface area contributed by atoms with Crippen LogP contribution in [0.2, 0.25) is 0 Å². The quantitative estimate of drug-likeness (QED) is 0.741. The Labute approximate surface area is 105 Å². The summed E-state index contributed by atoms with van der Waals surface area (Å²) in [5, 5.41) is 3.67. The smallest absolute Gasteiger partial charge is 0.0928 e. The summed E-state index contributed by atoms with van der Waals surface area (Å²) in [6, 6.07) is 0.712. The summed E-state index contributed by atoms with van der Waals surface area (Å²) in [6.45, 7) is 1.61. The minimum Gasteiger partial charge on any atom is -0.382 e. The number of nitrogens with one attached hydrogen (secondary N) is 1. The van der Waals surface area contributed by atoms with Crippen molar-refractivity contribution in [3.05, 3.63) is 0 Å². The monoisotopic (exact) mass is 241 g/mol. The van der Waals surface area contributed by atoms with Crippen LogP contribution in [0.5, 0.6) is 0 Å². The average Bonchev–Trinajstić information content (AvgIpc) is 3.19. The van der Waals surface area contributed by atoms with E-state index in [2.05, 4.69) is 5.32 Å². The van der Waals surface area contributed by atoms with Crippen molar-refractivity contribution in [2.45, 2.75) is 50.7 Å². The molecule has 2 aliphatic carbocycles. The molecule has 2 fully saturated rings. The predicted molar refractivity (Wildman–Crippen MR) is 69.1 cm³/mol. The molecule has 3 heteroatoms. The maximum absolute atomic E-state index is 5.38. The first-order valence-electron chi connectivity index (χ1n) is 7.08. The molecule has 0 aromatic carbocycles. The summed E-state index contributed by atoms with van der Waals surface area (Å²) in [5.41, 5.74) is 0. The first-order valence-corrected chi connectivity index (χ1v) is 7.08. The molecule has 1 N–H and O–H groups in total. The molecule has 0 aliphatic heterocycles. The van der Waals surface area contributed by atoms with Crippen molar-refractivity contribution in [1.82, 2.24) is 5.32 Å². The summed E-state index contributed by atoms with van der Waals surface area (Å²) in [6.07, 6.45) is 8.76. The van der Waals surface area contributed by atoms with Crippen LogP contribution in [0.1, 0.15) is 38.5 Å². The predicted octanol–water partition coefficient (Wildman–Crippen LogP) is 2.21. The molecule has 3 nitrogen and oxygen atoms in total. The van der Waals surface area contributed by atoms with Crippen molar-refractivity contribution in [3.8, 4) is 0 Å². The van der Waals surface area contributed by atoms with Crippen LogP contribution in [-0.2, 0) is 9.47 Å². The van der Waals surface area contributed by atoms with Crippen LogP contribution in [0.25, 0.3) is 0 Å². The van der Waals surface area contributed by atoms with Crippen molar-refractivity contribution >= 4 is 0 Å². The molecule has 0 saturated heterocycles. The van der Waals surface area contributed by atoms with Gasteiger partial charge >= 0.3 is 0 Å². The van der Waals surface area contributed by atoms with Crippen LogP contribution in [0, 0.1) is 11.8 Å². The molecular formula is C14H27NO2. The van der Waals surface area contributed by atoms with E-state index in [0.717, 1.165) is 18.4 Å². The Balaban J connectivity index is 1.66. The van der Waals surface area contributed by atoms with Gasteiger partial charge in [0.15, 0.2) is 0 Å². The van der Waals surface area contributed by atoms with E-state index in [4.69, 9.17) is 9.47 Å². The normalized spacial score (nSPS) is 31.4. The highest BCUT2D eigenvalue weighted by Crippen LogP contribution is 2.43. The van der Waals surface area contributed by atoms with Crippen LogP contribution in [0.15, 0.2) is 0 Å². The van der Waals surface area contributed by atoms with Gasteiger partial charge in [0, 0.05) is 26.8 Å².